The zero-order valence-electron chi connectivity index (χ0n) is 11.0. The smallest absolute Gasteiger partial charge is 0.336 e. The molecule has 0 unspecified atom stereocenters. The minimum absolute atomic E-state index is 0.0734. The molecule has 0 atom stereocenters. The van der Waals surface area contributed by atoms with Gasteiger partial charge in [0.2, 0.25) is 0 Å². The molecule has 2 N–H and O–H groups in total. The maximum absolute atomic E-state index is 11.6. The van der Waals surface area contributed by atoms with Gasteiger partial charge in [0.1, 0.15) is 5.58 Å². The molecule has 2 aromatic carbocycles. The van der Waals surface area contributed by atoms with Crippen molar-refractivity contribution in [3.63, 3.8) is 0 Å². The number of hydrogen-bond acceptors (Lipinski definition) is 6. The lowest BCUT2D eigenvalue weighted by Crippen LogP contribution is -1.98. The summed E-state index contributed by atoms with van der Waals surface area (Å²) in [6.45, 7) is 0. The van der Waals surface area contributed by atoms with Crippen molar-refractivity contribution in [1.82, 2.24) is 0 Å². The fourth-order valence-corrected chi connectivity index (χ4v) is 2.21. The van der Waals surface area contributed by atoms with Crippen molar-refractivity contribution in [3.05, 3.63) is 63.0 Å². The summed E-state index contributed by atoms with van der Waals surface area (Å²) in [5, 5.41) is 30.3. The highest BCUT2D eigenvalue weighted by Crippen LogP contribution is 2.35. The van der Waals surface area contributed by atoms with E-state index in [-0.39, 0.29) is 17.0 Å². The highest BCUT2D eigenvalue weighted by atomic mass is 16.6. The monoisotopic (exact) mass is 299 g/mol. The lowest BCUT2D eigenvalue weighted by atomic mass is 10.0. The molecule has 0 aliphatic carbocycles. The van der Waals surface area contributed by atoms with Crippen molar-refractivity contribution in [3.8, 4) is 22.6 Å². The van der Waals surface area contributed by atoms with E-state index in [1.165, 1.54) is 30.3 Å². The first-order valence-corrected chi connectivity index (χ1v) is 6.20. The molecule has 0 radical (unpaired) electrons. The van der Waals surface area contributed by atoms with Gasteiger partial charge in [0.05, 0.1) is 4.92 Å². The van der Waals surface area contributed by atoms with Crippen molar-refractivity contribution in [2.24, 2.45) is 0 Å². The van der Waals surface area contributed by atoms with Gasteiger partial charge in [-0.05, 0) is 11.6 Å². The number of nitrogens with zero attached hydrogens (tertiary/aromatic N) is 1. The quantitative estimate of drug-likeness (QED) is 0.325. The number of rotatable bonds is 2. The maximum atomic E-state index is 11.6. The third kappa shape index (κ3) is 2.24. The Morgan fingerprint density at radius 2 is 1.77 bits per heavy atom. The van der Waals surface area contributed by atoms with Crippen molar-refractivity contribution >= 4 is 16.7 Å². The molecule has 1 aromatic heterocycles. The Bertz CT molecular complexity index is 960. The summed E-state index contributed by atoms with van der Waals surface area (Å²) < 4.78 is 4.98. The van der Waals surface area contributed by atoms with E-state index in [4.69, 9.17) is 4.42 Å². The van der Waals surface area contributed by atoms with Gasteiger partial charge in [-0.15, -0.1) is 0 Å². The molecular formula is C15H9NO6. The number of phenolic OH excluding ortho intramolecular Hbond substituents is 2. The van der Waals surface area contributed by atoms with Gasteiger partial charge in [-0.2, -0.15) is 0 Å². The van der Waals surface area contributed by atoms with Crippen molar-refractivity contribution in [1.29, 1.82) is 0 Å². The van der Waals surface area contributed by atoms with Crippen LogP contribution in [0.1, 0.15) is 0 Å². The number of phenols is 2. The fraction of sp³-hybridized carbons (Fsp3) is 0. The van der Waals surface area contributed by atoms with Crippen LogP contribution in [-0.2, 0) is 0 Å². The Hall–Kier alpha value is -3.35. The van der Waals surface area contributed by atoms with Crippen molar-refractivity contribution in [2.45, 2.75) is 0 Å². The van der Waals surface area contributed by atoms with E-state index in [0.29, 0.717) is 16.5 Å². The molecule has 0 fully saturated rings. The fourth-order valence-electron chi connectivity index (χ4n) is 2.21. The highest BCUT2D eigenvalue weighted by molar-refractivity contribution is 5.95. The predicted molar refractivity (Wildman–Crippen MR) is 77.9 cm³/mol. The SMILES string of the molecule is O=c1cc(-c2cccc([N+](=O)[O-])c2)c2cc(O)c(O)cc2o1. The molecule has 0 saturated heterocycles. The lowest BCUT2D eigenvalue weighted by molar-refractivity contribution is -0.384. The van der Waals surface area contributed by atoms with E-state index in [9.17, 15) is 25.1 Å². The van der Waals surface area contributed by atoms with Crippen LogP contribution in [0.5, 0.6) is 11.5 Å². The van der Waals surface area contributed by atoms with Crippen LogP contribution in [-0.4, -0.2) is 15.1 Å². The lowest BCUT2D eigenvalue weighted by Gasteiger charge is -2.07. The summed E-state index contributed by atoms with van der Waals surface area (Å²) in [6.07, 6.45) is 0. The number of aromatic hydroxyl groups is 2. The van der Waals surface area contributed by atoms with E-state index in [1.807, 2.05) is 0 Å². The average Bonchev–Trinajstić information content (AvgIpc) is 2.48. The van der Waals surface area contributed by atoms with E-state index in [0.717, 1.165) is 6.07 Å². The molecule has 0 amide bonds. The van der Waals surface area contributed by atoms with Crippen LogP contribution >= 0.6 is 0 Å². The summed E-state index contributed by atoms with van der Waals surface area (Å²) in [6, 6.07) is 9.28. The summed E-state index contributed by atoms with van der Waals surface area (Å²) >= 11 is 0. The number of nitro groups is 1. The van der Waals surface area contributed by atoms with Crippen LogP contribution in [0.25, 0.3) is 22.1 Å². The van der Waals surface area contributed by atoms with Gasteiger partial charge >= 0.3 is 5.63 Å². The van der Waals surface area contributed by atoms with Gasteiger partial charge in [-0.3, -0.25) is 10.1 Å². The molecule has 3 aromatic rings. The molecule has 3 rings (SSSR count). The van der Waals surface area contributed by atoms with Crippen LogP contribution < -0.4 is 5.63 Å². The van der Waals surface area contributed by atoms with E-state index >= 15 is 0 Å². The normalized spacial score (nSPS) is 10.7. The molecule has 0 aliphatic heterocycles. The standard InChI is InChI=1S/C15H9NO6/c17-12-5-11-10(6-15(19)22-14(11)7-13(12)18)8-2-1-3-9(4-8)16(20)21/h1-7,17-18H. The van der Waals surface area contributed by atoms with Crippen LogP contribution in [0.3, 0.4) is 0 Å². The number of nitro benzene ring substituents is 1. The molecule has 22 heavy (non-hydrogen) atoms. The Morgan fingerprint density at radius 3 is 2.50 bits per heavy atom. The van der Waals surface area contributed by atoms with Gasteiger partial charge in [-0.25, -0.2) is 4.79 Å². The van der Waals surface area contributed by atoms with Gasteiger partial charge in [0.25, 0.3) is 5.69 Å². The Kier molecular flexibility index (Phi) is 3.03. The largest absolute Gasteiger partial charge is 0.504 e. The van der Waals surface area contributed by atoms with Gasteiger partial charge in [0.15, 0.2) is 11.5 Å². The molecule has 1 heterocycles. The first-order valence-electron chi connectivity index (χ1n) is 6.20. The molecule has 0 bridgehead atoms. The number of non-ortho nitro benzene ring substituents is 1. The minimum atomic E-state index is -0.668. The van der Waals surface area contributed by atoms with Gasteiger partial charge in [0, 0.05) is 35.2 Å². The highest BCUT2D eigenvalue weighted by Gasteiger charge is 2.14. The van der Waals surface area contributed by atoms with Crippen LogP contribution in [0.2, 0.25) is 0 Å². The zero-order chi connectivity index (χ0) is 15.9. The summed E-state index contributed by atoms with van der Waals surface area (Å²) in [7, 11) is 0. The third-order valence-corrected chi connectivity index (χ3v) is 3.21. The zero-order valence-corrected chi connectivity index (χ0v) is 11.0. The van der Waals surface area contributed by atoms with E-state index in [1.54, 1.807) is 6.07 Å². The molecule has 0 saturated carbocycles. The Morgan fingerprint density at radius 1 is 1.05 bits per heavy atom. The number of benzene rings is 2. The van der Waals surface area contributed by atoms with Crippen molar-refractivity contribution in [2.75, 3.05) is 0 Å². The molecule has 7 heteroatoms. The second kappa shape index (κ2) is 4.88. The Balaban J connectivity index is 2.35. The second-order valence-corrected chi connectivity index (χ2v) is 4.62. The van der Waals surface area contributed by atoms with Crippen LogP contribution in [0, 0.1) is 10.1 Å². The second-order valence-electron chi connectivity index (χ2n) is 4.62. The van der Waals surface area contributed by atoms with E-state index < -0.39 is 16.3 Å². The molecule has 0 aliphatic rings. The van der Waals surface area contributed by atoms with Gasteiger partial charge < -0.3 is 14.6 Å². The van der Waals surface area contributed by atoms with Crippen molar-refractivity contribution < 1.29 is 19.6 Å². The summed E-state index contributed by atoms with van der Waals surface area (Å²) in [4.78, 5) is 22.0. The van der Waals surface area contributed by atoms with Crippen LogP contribution in [0.15, 0.2) is 51.7 Å². The average molecular weight is 299 g/mol. The Labute approximate surface area is 122 Å². The number of hydrogen-bond donors (Lipinski definition) is 2. The van der Waals surface area contributed by atoms with Crippen LogP contribution in [0.4, 0.5) is 5.69 Å². The van der Waals surface area contributed by atoms with E-state index in [2.05, 4.69) is 0 Å². The summed E-state index contributed by atoms with van der Waals surface area (Å²) in [5.41, 5.74) is 0.0766. The number of fused-ring (bicyclic) bond motifs is 1. The molecular weight excluding hydrogens is 290 g/mol. The maximum Gasteiger partial charge on any atom is 0.336 e. The molecule has 110 valence electrons. The summed E-state index contributed by atoms with van der Waals surface area (Å²) in [5.74, 6) is -0.806. The molecule has 7 nitrogen and oxygen atoms in total. The first kappa shape index (κ1) is 13.6. The minimum Gasteiger partial charge on any atom is -0.504 e. The predicted octanol–water partition coefficient (Wildman–Crippen LogP) is 2.78. The topological polar surface area (TPSA) is 114 Å². The molecule has 0 spiro atoms. The third-order valence-electron chi connectivity index (χ3n) is 3.21. The van der Waals surface area contributed by atoms with Gasteiger partial charge in [-0.1, -0.05) is 12.1 Å². The first-order chi connectivity index (χ1) is 10.5.